The molecule has 0 atom stereocenters. The second-order valence-electron chi connectivity index (χ2n) is 9.00. The van der Waals surface area contributed by atoms with Gasteiger partial charge in [-0.15, -0.1) is 0 Å². The standard InChI is InChI=1S/C26H25ClFN5/c1-26(2,3)18-7-5-16(6-8-18)17-11-20(28)14-21(12-17)32(4)24-22-10-9-19(27)13-23(22)33(15-29)25(30)31-24/h5-15,29-30H,1-4H3. The summed E-state index contributed by atoms with van der Waals surface area (Å²) in [4.78, 5) is 6.14. The first-order valence-electron chi connectivity index (χ1n) is 10.5. The molecule has 0 aliphatic heterocycles. The zero-order chi connectivity index (χ0) is 23.9. The first kappa shape index (κ1) is 22.7. The molecule has 1 heterocycles. The summed E-state index contributed by atoms with van der Waals surface area (Å²) in [5, 5.41) is 17.1. The summed E-state index contributed by atoms with van der Waals surface area (Å²) in [5.74, 6) is 0.113. The van der Waals surface area contributed by atoms with Crippen molar-refractivity contribution in [1.82, 2.24) is 9.55 Å². The molecule has 4 aromatic rings. The number of halogens is 2. The van der Waals surface area contributed by atoms with Crippen molar-refractivity contribution in [2.45, 2.75) is 26.2 Å². The number of hydrogen-bond donors (Lipinski definition) is 2. The fraction of sp³-hybridized carbons (Fsp3) is 0.192. The van der Waals surface area contributed by atoms with Gasteiger partial charge in [0.1, 0.15) is 11.6 Å². The monoisotopic (exact) mass is 461 g/mol. The Morgan fingerprint density at radius 3 is 2.33 bits per heavy atom. The molecule has 168 valence electrons. The van der Waals surface area contributed by atoms with Gasteiger partial charge in [0.15, 0.2) is 0 Å². The summed E-state index contributed by atoms with van der Waals surface area (Å²) in [6.45, 7) is 6.47. The minimum absolute atomic E-state index is 0.0378. The Kier molecular flexibility index (Phi) is 5.80. The molecule has 0 spiro atoms. The van der Waals surface area contributed by atoms with Gasteiger partial charge in [0.2, 0.25) is 5.62 Å². The smallest absolute Gasteiger partial charge is 0.229 e. The Balaban J connectivity index is 1.83. The van der Waals surface area contributed by atoms with Crippen LogP contribution >= 0.6 is 11.6 Å². The highest BCUT2D eigenvalue weighted by Crippen LogP contribution is 2.33. The predicted octanol–water partition coefficient (Wildman–Crippen LogP) is 6.50. The van der Waals surface area contributed by atoms with Crippen molar-refractivity contribution in [2.24, 2.45) is 0 Å². The van der Waals surface area contributed by atoms with Crippen molar-refractivity contribution in [2.75, 3.05) is 11.9 Å². The van der Waals surface area contributed by atoms with Crippen molar-refractivity contribution in [3.05, 3.63) is 82.7 Å². The van der Waals surface area contributed by atoms with E-state index in [2.05, 4.69) is 37.9 Å². The number of aromatic nitrogens is 2. The first-order valence-corrected chi connectivity index (χ1v) is 10.9. The highest BCUT2D eigenvalue weighted by molar-refractivity contribution is 6.31. The maximum absolute atomic E-state index is 14.7. The van der Waals surface area contributed by atoms with Crippen LogP contribution in [0.3, 0.4) is 0 Å². The topological polar surface area (TPSA) is 68.8 Å². The Hall–Kier alpha value is -3.51. The number of rotatable bonds is 4. The van der Waals surface area contributed by atoms with Crippen LogP contribution < -0.4 is 10.5 Å². The Bertz CT molecular complexity index is 1420. The van der Waals surface area contributed by atoms with Crippen molar-refractivity contribution in [3.63, 3.8) is 0 Å². The van der Waals surface area contributed by atoms with Crippen LogP contribution in [0.5, 0.6) is 0 Å². The van der Waals surface area contributed by atoms with E-state index in [0.29, 0.717) is 27.4 Å². The van der Waals surface area contributed by atoms with Crippen molar-refractivity contribution in [1.29, 1.82) is 10.8 Å². The zero-order valence-electron chi connectivity index (χ0n) is 18.9. The lowest BCUT2D eigenvalue weighted by atomic mass is 9.86. The van der Waals surface area contributed by atoms with Crippen LogP contribution in [0.2, 0.25) is 5.02 Å². The fourth-order valence-electron chi connectivity index (χ4n) is 3.83. The Morgan fingerprint density at radius 1 is 1.00 bits per heavy atom. The molecule has 1 aromatic heterocycles. The van der Waals surface area contributed by atoms with E-state index >= 15 is 0 Å². The van der Waals surface area contributed by atoms with E-state index in [0.717, 1.165) is 17.5 Å². The van der Waals surface area contributed by atoms with Crippen LogP contribution in [-0.4, -0.2) is 22.9 Å². The number of anilines is 2. The molecule has 0 aliphatic carbocycles. The lowest BCUT2D eigenvalue weighted by Crippen LogP contribution is -2.26. The number of fused-ring (bicyclic) bond motifs is 1. The highest BCUT2D eigenvalue weighted by atomic mass is 35.5. The van der Waals surface area contributed by atoms with Crippen LogP contribution in [0.1, 0.15) is 26.3 Å². The van der Waals surface area contributed by atoms with E-state index in [1.807, 2.05) is 18.2 Å². The minimum atomic E-state index is -0.363. The molecular formula is C26H25ClFN5. The van der Waals surface area contributed by atoms with Crippen molar-refractivity contribution < 1.29 is 4.39 Å². The van der Waals surface area contributed by atoms with E-state index in [1.165, 1.54) is 22.3 Å². The van der Waals surface area contributed by atoms with Gasteiger partial charge in [-0.25, -0.2) is 4.39 Å². The molecule has 0 aliphatic rings. The molecule has 4 rings (SSSR count). The Labute approximate surface area is 197 Å². The minimum Gasteiger partial charge on any atom is -0.329 e. The van der Waals surface area contributed by atoms with Crippen LogP contribution in [0.25, 0.3) is 22.0 Å². The predicted molar refractivity (Wildman–Crippen MR) is 133 cm³/mol. The van der Waals surface area contributed by atoms with Gasteiger partial charge >= 0.3 is 0 Å². The fourth-order valence-corrected chi connectivity index (χ4v) is 3.99. The van der Waals surface area contributed by atoms with Gasteiger partial charge in [0.05, 0.1) is 11.9 Å². The number of nitrogens with zero attached hydrogens (tertiary/aromatic N) is 3. The molecule has 7 heteroatoms. The third kappa shape index (κ3) is 4.39. The summed E-state index contributed by atoms with van der Waals surface area (Å²) in [6.07, 6.45) is 1.03. The number of hydrogen-bond acceptors (Lipinski definition) is 4. The van der Waals surface area contributed by atoms with Gasteiger partial charge in [-0.05, 0) is 58.5 Å². The average Bonchev–Trinajstić information content (AvgIpc) is 2.77. The lowest BCUT2D eigenvalue weighted by Gasteiger charge is -2.22. The normalized spacial score (nSPS) is 11.6. The SMILES string of the molecule is CN(c1cc(F)cc(-c2ccc(C(C)(C)C)cc2)c1)c1nc(=N)n(C=N)c2cc(Cl)ccc12. The largest absolute Gasteiger partial charge is 0.329 e. The summed E-state index contributed by atoms with van der Waals surface area (Å²) >= 11 is 6.16. The summed E-state index contributed by atoms with van der Waals surface area (Å²) in [5.41, 5.74) is 3.97. The van der Waals surface area contributed by atoms with Crippen LogP contribution in [-0.2, 0) is 5.41 Å². The lowest BCUT2D eigenvalue weighted by molar-refractivity contribution is 0.590. The molecular weight excluding hydrogens is 437 g/mol. The zero-order valence-corrected chi connectivity index (χ0v) is 19.7. The summed E-state index contributed by atoms with van der Waals surface area (Å²) in [7, 11) is 1.78. The van der Waals surface area contributed by atoms with Crippen LogP contribution in [0, 0.1) is 16.6 Å². The van der Waals surface area contributed by atoms with Gasteiger partial charge in [0, 0.05) is 23.1 Å². The maximum Gasteiger partial charge on any atom is 0.229 e. The first-order chi connectivity index (χ1) is 15.6. The molecule has 33 heavy (non-hydrogen) atoms. The quantitative estimate of drug-likeness (QED) is 0.269. The van der Waals surface area contributed by atoms with E-state index in [9.17, 15) is 4.39 Å². The van der Waals surface area contributed by atoms with Crippen molar-refractivity contribution >= 4 is 40.3 Å². The van der Waals surface area contributed by atoms with Crippen molar-refractivity contribution in [3.8, 4) is 11.1 Å². The molecule has 5 nitrogen and oxygen atoms in total. The van der Waals surface area contributed by atoms with E-state index < -0.39 is 0 Å². The molecule has 3 aromatic carbocycles. The second kappa shape index (κ2) is 8.45. The molecule has 0 bridgehead atoms. The summed E-state index contributed by atoms with van der Waals surface area (Å²) in [6, 6.07) is 18.2. The third-order valence-corrected chi connectivity index (χ3v) is 5.94. The van der Waals surface area contributed by atoms with E-state index in [4.69, 9.17) is 22.4 Å². The van der Waals surface area contributed by atoms with Gasteiger partial charge in [-0.3, -0.25) is 15.4 Å². The summed E-state index contributed by atoms with van der Waals surface area (Å²) < 4.78 is 16.0. The molecule has 0 fully saturated rings. The average molecular weight is 462 g/mol. The van der Waals surface area contributed by atoms with Gasteiger partial charge < -0.3 is 4.90 Å². The van der Waals surface area contributed by atoms with Crippen LogP contribution in [0.4, 0.5) is 15.9 Å². The number of benzene rings is 3. The molecule has 0 saturated carbocycles. The molecule has 0 radical (unpaired) electrons. The van der Waals surface area contributed by atoms with Crippen LogP contribution in [0.15, 0.2) is 60.7 Å². The van der Waals surface area contributed by atoms with Gasteiger partial charge in [-0.1, -0.05) is 56.6 Å². The second-order valence-corrected chi connectivity index (χ2v) is 9.44. The molecule has 0 saturated heterocycles. The highest BCUT2D eigenvalue weighted by Gasteiger charge is 2.17. The van der Waals surface area contributed by atoms with E-state index in [1.54, 1.807) is 30.1 Å². The molecule has 0 amide bonds. The Morgan fingerprint density at radius 2 is 1.70 bits per heavy atom. The number of nitrogens with one attached hydrogen (secondary N) is 2. The van der Waals surface area contributed by atoms with Gasteiger partial charge in [-0.2, -0.15) is 4.98 Å². The molecule has 0 unspecified atom stereocenters. The maximum atomic E-state index is 14.7. The third-order valence-electron chi connectivity index (χ3n) is 5.70. The van der Waals surface area contributed by atoms with E-state index in [-0.39, 0.29) is 16.9 Å². The van der Waals surface area contributed by atoms with Gasteiger partial charge in [0.25, 0.3) is 0 Å². The molecule has 2 N–H and O–H groups in total.